The quantitative estimate of drug-likeness (QED) is 0.770. The Labute approximate surface area is 132 Å². The van der Waals surface area contributed by atoms with Crippen LogP contribution in [0.2, 0.25) is 0 Å². The summed E-state index contributed by atoms with van der Waals surface area (Å²) < 4.78 is 11.4. The second kappa shape index (κ2) is 8.54. The second-order valence-electron chi connectivity index (χ2n) is 5.53. The van der Waals surface area contributed by atoms with Crippen molar-refractivity contribution in [2.24, 2.45) is 0 Å². The molecule has 0 fully saturated rings. The van der Waals surface area contributed by atoms with E-state index >= 15 is 0 Å². The van der Waals surface area contributed by atoms with Crippen molar-refractivity contribution in [2.75, 3.05) is 24.7 Å². The highest BCUT2D eigenvalue weighted by atomic mass is 32.2. The lowest BCUT2D eigenvalue weighted by atomic mass is 10.1. The van der Waals surface area contributed by atoms with E-state index in [0.29, 0.717) is 12.1 Å². The lowest BCUT2D eigenvalue weighted by molar-refractivity contribution is 0.297. The number of rotatable bonds is 7. The highest BCUT2D eigenvalue weighted by Crippen LogP contribution is 2.32. The van der Waals surface area contributed by atoms with E-state index in [4.69, 9.17) is 9.47 Å². The predicted molar refractivity (Wildman–Crippen MR) is 90.7 cm³/mol. The zero-order valence-corrected chi connectivity index (χ0v) is 14.2. The van der Waals surface area contributed by atoms with Gasteiger partial charge in [0.2, 0.25) is 0 Å². The maximum absolute atomic E-state index is 5.77. The molecule has 1 aliphatic heterocycles. The van der Waals surface area contributed by atoms with Gasteiger partial charge in [-0.1, -0.05) is 13.0 Å². The number of hydrogen-bond donors (Lipinski definition) is 1. The summed E-state index contributed by atoms with van der Waals surface area (Å²) in [5, 5.41) is 3.67. The Morgan fingerprint density at radius 1 is 1.19 bits per heavy atom. The lowest BCUT2D eigenvalue weighted by Crippen LogP contribution is -2.29. The van der Waals surface area contributed by atoms with Crippen LogP contribution in [0.5, 0.6) is 11.5 Å². The first-order chi connectivity index (χ1) is 10.2. The minimum atomic E-state index is 0.323. The maximum Gasteiger partial charge on any atom is 0.161 e. The molecule has 2 rings (SSSR count). The first-order valence-corrected chi connectivity index (χ1v) is 9.09. The van der Waals surface area contributed by atoms with Crippen molar-refractivity contribution in [3.63, 3.8) is 0 Å². The summed E-state index contributed by atoms with van der Waals surface area (Å²) >= 11 is 2.00. The number of nitrogens with one attached hydrogen (secondary N) is 1. The molecule has 3 nitrogen and oxygen atoms in total. The van der Waals surface area contributed by atoms with Crippen LogP contribution < -0.4 is 14.8 Å². The predicted octanol–water partition coefficient (Wildman–Crippen LogP) is 4.03. The second-order valence-corrected chi connectivity index (χ2v) is 6.93. The van der Waals surface area contributed by atoms with Crippen LogP contribution in [0.3, 0.4) is 0 Å². The SMILES string of the molecule is CCSCCC(C)NC(C)c1ccc2c(c1)OCCCO2. The zero-order valence-electron chi connectivity index (χ0n) is 13.4. The average molecular weight is 309 g/mol. The molecule has 118 valence electrons. The van der Waals surface area contributed by atoms with E-state index in [0.717, 1.165) is 31.1 Å². The molecule has 2 atom stereocenters. The van der Waals surface area contributed by atoms with Crippen molar-refractivity contribution in [1.82, 2.24) is 5.32 Å². The fourth-order valence-corrected chi connectivity index (χ4v) is 3.27. The molecular formula is C17H27NO2S. The molecule has 1 aromatic carbocycles. The van der Waals surface area contributed by atoms with Gasteiger partial charge in [-0.15, -0.1) is 0 Å². The number of thioether (sulfide) groups is 1. The molecule has 0 aliphatic carbocycles. The van der Waals surface area contributed by atoms with E-state index < -0.39 is 0 Å². The molecular weight excluding hydrogens is 282 g/mol. The fourth-order valence-electron chi connectivity index (χ4n) is 2.46. The Balaban J connectivity index is 1.93. The van der Waals surface area contributed by atoms with Crippen molar-refractivity contribution < 1.29 is 9.47 Å². The van der Waals surface area contributed by atoms with Gasteiger partial charge in [0.1, 0.15) is 0 Å². The van der Waals surface area contributed by atoms with E-state index in [1.165, 1.54) is 23.5 Å². The average Bonchev–Trinajstić information content (AvgIpc) is 2.71. The topological polar surface area (TPSA) is 30.5 Å². The molecule has 1 aliphatic rings. The third kappa shape index (κ3) is 5.11. The van der Waals surface area contributed by atoms with Crippen LogP contribution in [0.1, 0.15) is 45.2 Å². The minimum absolute atomic E-state index is 0.323. The molecule has 0 saturated carbocycles. The molecule has 0 saturated heterocycles. The minimum Gasteiger partial charge on any atom is -0.490 e. The Morgan fingerprint density at radius 2 is 1.95 bits per heavy atom. The van der Waals surface area contributed by atoms with Crippen molar-refractivity contribution in [3.8, 4) is 11.5 Å². The van der Waals surface area contributed by atoms with Gasteiger partial charge in [-0.25, -0.2) is 0 Å². The molecule has 1 N–H and O–H groups in total. The molecule has 4 heteroatoms. The van der Waals surface area contributed by atoms with Crippen molar-refractivity contribution in [2.45, 2.75) is 45.7 Å². The molecule has 0 bridgehead atoms. The van der Waals surface area contributed by atoms with Crippen LogP contribution in [0, 0.1) is 0 Å². The Kier molecular flexibility index (Phi) is 6.71. The van der Waals surface area contributed by atoms with Gasteiger partial charge in [-0.2, -0.15) is 11.8 Å². The van der Waals surface area contributed by atoms with Crippen molar-refractivity contribution >= 4 is 11.8 Å². The highest BCUT2D eigenvalue weighted by Gasteiger charge is 2.14. The molecule has 1 heterocycles. The number of fused-ring (bicyclic) bond motifs is 1. The van der Waals surface area contributed by atoms with Gasteiger partial charge in [0.05, 0.1) is 13.2 Å². The number of ether oxygens (including phenoxy) is 2. The van der Waals surface area contributed by atoms with E-state index in [-0.39, 0.29) is 0 Å². The van der Waals surface area contributed by atoms with Gasteiger partial charge in [-0.05, 0) is 49.5 Å². The molecule has 0 spiro atoms. The van der Waals surface area contributed by atoms with E-state index in [1.807, 2.05) is 17.8 Å². The Morgan fingerprint density at radius 3 is 2.71 bits per heavy atom. The van der Waals surface area contributed by atoms with E-state index in [9.17, 15) is 0 Å². The van der Waals surface area contributed by atoms with Gasteiger partial charge in [0.25, 0.3) is 0 Å². The number of hydrogen-bond acceptors (Lipinski definition) is 4. The molecule has 0 amide bonds. The third-order valence-electron chi connectivity index (χ3n) is 3.71. The van der Waals surface area contributed by atoms with E-state index in [1.54, 1.807) is 0 Å². The van der Waals surface area contributed by atoms with Gasteiger partial charge in [0, 0.05) is 18.5 Å². The summed E-state index contributed by atoms with van der Waals surface area (Å²) in [6.45, 7) is 8.16. The fraction of sp³-hybridized carbons (Fsp3) is 0.647. The normalized spacial score (nSPS) is 17.1. The summed E-state index contributed by atoms with van der Waals surface area (Å²) in [4.78, 5) is 0. The van der Waals surface area contributed by atoms with Gasteiger partial charge >= 0.3 is 0 Å². The van der Waals surface area contributed by atoms with Crippen LogP contribution in [0.4, 0.5) is 0 Å². The van der Waals surface area contributed by atoms with Gasteiger partial charge in [0.15, 0.2) is 11.5 Å². The van der Waals surface area contributed by atoms with Crippen LogP contribution >= 0.6 is 11.8 Å². The molecule has 0 radical (unpaired) electrons. The summed E-state index contributed by atoms with van der Waals surface area (Å²) in [6.07, 6.45) is 2.15. The van der Waals surface area contributed by atoms with Crippen LogP contribution in [-0.4, -0.2) is 30.8 Å². The van der Waals surface area contributed by atoms with Crippen LogP contribution in [0.15, 0.2) is 18.2 Å². The van der Waals surface area contributed by atoms with Crippen molar-refractivity contribution in [3.05, 3.63) is 23.8 Å². The summed E-state index contributed by atoms with van der Waals surface area (Å²) in [7, 11) is 0. The van der Waals surface area contributed by atoms with Crippen LogP contribution in [-0.2, 0) is 0 Å². The summed E-state index contributed by atoms with van der Waals surface area (Å²) in [5.41, 5.74) is 1.26. The van der Waals surface area contributed by atoms with Gasteiger partial charge < -0.3 is 14.8 Å². The smallest absolute Gasteiger partial charge is 0.161 e. The van der Waals surface area contributed by atoms with E-state index in [2.05, 4.69) is 38.2 Å². The largest absolute Gasteiger partial charge is 0.490 e. The van der Waals surface area contributed by atoms with Crippen LogP contribution in [0.25, 0.3) is 0 Å². The first-order valence-electron chi connectivity index (χ1n) is 7.94. The number of benzene rings is 1. The van der Waals surface area contributed by atoms with Gasteiger partial charge in [-0.3, -0.25) is 0 Å². The highest BCUT2D eigenvalue weighted by molar-refractivity contribution is 7.99. The monoisotopic (exact) mass is 309 g/mol. The third-order valence-corrected chi connectivity index (χ3v) is 4.64. The Bertz CT molecular complexity index is 439. The first kappa shape index (κ1) is 16.5. The molecule has 0 aromatic heterocycles. The van der Waals surface area contributed by atoms with Crippen molar-refractivity contribution in [1.29, 1.82) is 0 Å². The lowest BCUT2D eigenvalue weighted by Gasteiger charge is -2.21. The maximum atomic E-state index is 5.77. The standard InChI is InChI=1S/C17H27NO2S/c1-4-21-11-8-13(2)18-14(3)15-6-7-16-17(12-15)20-10-5-9-19-16/h6-7,12-14,18H,4-5,8-11H2,1-3H3. The summed E-state index contributed by atoms with van der Waals surface area (Å²) in [6, 6.07) is 7.13. The summed E-state index contributed by atoms with van der Waals surface area (Å²) in [5.74, 6) is 4.17. The molecule has 1 aromatic rings. The molecule has 21 heavy (non-hydrogen) atoms. The zero-order chi connectivity index (χ0) is 15.1. The molecule has 2 unspecified atom stereocenters. The Hall–Kier alpha value is -0.870.